The summed E-state index contributed by atoms with van der Waals surface area (Å²) in [7, 11) is 0. The molecule has 0 aliphatic heterocycles. The third kappa shape index (κ3) is 3.60. The molecule has 102 valence electrons. The highest BCUT2D eigenvalue weighted by Gasteiger charge is 2.10. The molecule has 1 heterocycles. The molecule has 0 spiro atoms. The minimum atomic E-state index is 0.595. The zero-order valence-corrected chi connectivity index (χ0v) is 13.1. The average Bonchev–Trinajstić information content (AvgIpc) is 2.70. The molecule has 0 atom stereocenters. The molecule has 2 rings (SSSR count). The van der Waals surface area contributed by atoms with Crippen LogP contribution in [0.3, 0.4) is 0 Å². The van der Waals surface area contributed by atoms with Gasteiger partial charge in [-0.3, -0.25) is 0 Å². The molecule has 2 aromatic rings. The van der Waals surface area contributed by atoms with Gasteiger partial charge in [0, 0.05) is 11.8 Å². The van der Waals surface area contributed by atoms with E-state index in [1.165, 1.54) is 5.69 Å². The lowest BCUT2D eigenvalue weighted by molar-refractivity contribution is 0.340. The SMILES string of the molecule is CCOc1cccc(-n2nc(Br)cc2CC(C)C)c1. The maximum absolute atomic E-state index is 5.54. The molecule has 0 aliphatic rings. The fraction of sp³-hybridized carbons (Fsp3) is 0.400. The molecule has 0 amide bonds. The summed E-state index contributed by atoms with van der Waals surface area (Å²) in [6, 6.07) is 10.1. The van der Waals surface area contributed by atoms with Crippen molar-refractivity contribution in [2.75, 3.05) is 6.61 Å². The van der Waals surface area contributed by atoms with Crippen molar-refractivity contribution in [3.8, 4) is 11.4 Å². The van der Waals surface area contributed by atoms with Crippen LogP contribution >= 0.6 is 15.9 Å². The predicted octanol–water partition coefficient (Wildman–Crippen LogP) is 4.23. The summed E-state index contributed by atoms with van der Waals surface area (Å²) in [5, 5.41) is 4.51. The molecule has 0 saturated carbocycles. The molecule has 4 heteroatoms. The molecule has 0 bridgehead atoms. The van der Waals surface area contributed by atoms with Crippen molar-refractivity contribution in [3.63, 3.8) is 0 Å². The van der Waals surface area contributed by atoms with Gasteiger partial charge in [0.1, 0.15) is 10.4 Å². The van der Waals surface area contributed by atoms with E-state index < -0.39 is 0 Å². The van der Waals surface area contributed by atoms with Gasteiger partial charge >= 0.3 is 0 Å². The van der Waals surface area contributed by atoms with E-state index in [1.54, 1.807) is 0 Å². The third-order valence-electron chi connectivity index (χ3n) is 2.74. The Hall–Kier alpha value is -1.29. The Bertz CT molecular complexity index is 549. The zero-order valence-electron chi connectivity index (χ0n) is 11.6. The van der Waals surface area contributed by atoms with Crippen molar-refractivity contribution in [1.29, 1.82) is 0 Å². The van der Waals surface area contributed by atoms with Gasteiger partial charge in [0.15, 0.2) is 0 Å². The van der Waals surface area contributed by atoms with Gasteiger partial charge in [-0.25, -0.2) is 4.68 Å². The van der Waals surface area contributed by atoms with Crippen molar-refractivity contribution < 1.29 is 4.74 Å². The number of halogens is 1. The quantitative estimate of drug-likeness (QED) is 0.823. The van der Waals surface area contributed by atoms with E-state index in [0.717, 1.165) is 22.5 Å². The monoisotopic (exact) mass is 322 g/mol. The smallest absolute Gasteiger partial charge is 0.128 e. The van der Waals surface area contributed by atoms with E-state index in [4.69, 9.17) is 4.74 Å². The molecule has 0 saturated heterocycles. The summed E-state index contributed by atoms with van der Waals surface area (Å²) in [6.07, 6.45) is 0.997. The Morgan fingerprint density at radius 2 is 2.11 bits per heavy atom. The number of ether oxygens (including phenoxy) is 1. The van der Waals surface area contributed by atoms with Crippen LogP contribution in [-0.4, -0.2) is 16.4 Å². The van der Waals surface area contributed by atoms with Gasteiger partial charge in [0.25, 0.3) is 0 Å². The van der Waals surface area contributed by atoms with Crippen molar-refractivity contribution in [3.05, 3.63) is 40.6 Å². The van der Waals surface area contributed by atoms with Gasteiger partial charge in [-0.1, -0.05) is 19.9 Å². The van der Waals surface area contributed by atoms with Crippen LogP contribution in [-0.2, 0) is 6.42 Å². The standard InChI is InChI=1S/C15H19BrN2O/c1-4-19-14-7-5-6-12(9-14)18-13(8-11(2)3)10-15(16)17-18/h5-7,9-11H,4,8H2,1-3H3. The summed E-state index contributed by atoms with van der Waals surface area (Å²) in [6.45, 7) is 7.08. The minimum absolute atomic E-state index is 0.595. The van der Waals surface area contributed by atoms with Crippen LogP contribution in [0.2, 0.25) is 0 Å². The van der Waals surface area contributed by atoms with Crippen molar-refractivity contribution >= 4 is 15.9 Å². The maximum Gasteiger partial charge on any atom is 0.128 e. The van der Waals surface area contributed by atoms with Crippen molar-refractivity contribution in [1.82, 2.24) is 9.78 Å². The Labute approximate surface area is 122 Å². The number of nitrogens with zero attached hydrogens (tertiary/aromatic N) is 2. The van der Waals surface area contributed by atoms with Gasteiger partial charge in [-0.15, -0.1) is 0 Å². The highest BCUT2D eigenvalue weighted by Crippen LogP contribution is 2.22. The van der Waals surface area contributed by atoms with Gasteiger partial charge in [0.05, 0.1) is 12.3 Å². The van der Waals surface area contributed by atoms with E-state index in [9.17, 15) is 0 Å². The second-order valence-electron chi connectivity index (χ2n) is 4.90. The minimum Gasteiger partial charge on any atom is -0.494 e. The molecule has 0 N–H and O–H groups in total. The van der Waals surface area contributed by atoms with Gasteiger partial charge in [0.2, 0.25) is 0 Å². The molecule has 0 radical (unpaired) electrons. The topological polar surface area (TPSA) is 27.1 Å². The van der Waals surface area contributed by atoms with Crippen molar-refractivity contribution in [2.24, 2.45) is 5.92 Å². The normalized spacial score (nSPS) is 11.0. The van der Waals surface area contributed by atoms with Crippen LogP contribution in [0.5, 0.6) is 5.75 Å². The Morgan fingerprint density at radius 1 is 1.32 bits per heavy atom. The van der Waals surface area contributed by atoms with E-state index in [2.05, 4.69) is 40.9 Å². The Balaban J connectivity index is 2.37. The van der Waals surface area contributed by atoms with Gasteiger partial charge in [-0.05, 0) is 53.4 Å². The first-order valence-electron chi connectivity index (χ1n) is 6.57. The van der Waals surface area contributed by atoms with Gasteiger partial charge in [-0.2, -0.15) is 5.10 Å². The second kappa shape index (κ2) is 6.24. The fourth-order valence-corrected chi connectivity index (χ4v) is 2.47. The summed E-state index contributed by atoms with van der Waals surface area (Å²) < 4.78 is 8.39. The highest BCUT2D eigenvalue weighted by molar-refractivity contribution is 9.10. The lowest BCUT2D eigenvalue weighted by Crippen LogP contribution is -2.05. The third-order valence-corrected chi connectivity index (χ3v) is 3.13. The summed E-state index contributed by atoms with van der Waals surface area (Å²) in [5.41, 5.74) is 2.24. The molecule has 0 fully saturated rings. The lowest BCUT2D eigenvalue weighted by atomic mass is 10.1. The Morgan fingerprint density at radius 3 is 2.79 bits per heavy atom. The lowest BCUT2D eigenvalue weighted by Gasteiger charge is -2.10. The first kappa shape index (κ1) is 14.1. The van der Waals surface area contributed by atoms with E-state index in [-0.39, 0.29) is 0 Å². The number of rotatable bonds is 5. The van der Waals surface area contributed by atoms with Crippen LogP contribution in [0, 0.1) is 5.92 Å². The predicted molar refractivity (Wildman–Crippen MR) is 81.0 cm³/mol. The number of benzene rings is 1. The van der Waals surface area contributed by atoms with Crippen molar-refractivity contribution in [2.45, 2.75) is 27.2 Å². The molecule has 19 heavy (non-hydrogen) atoms. The van der Waals surface area contributed by atoms with Crippen LogP contribution in [0.1, 0.15) is 26.5 Å². The fourth-order valence-electron chi connectivity index (χ4n) is 2.05. The van der Waals surface area contributed by atoms with Gasteiger partial charge < -0.3 is 4.74 Å². The average molecular weight is 323 g/mol. The summed E-state index contributed by atoms with van der Waals surface area (Å²) in [5.74, 6) is 1.47. The van der Waals surface area contributed by atoms with Crippen LogP contribution in [0.4, 0.5) is 0 Å². The zero-order chi connectivity index (χ0) is 13.8. The number of hydrogen-bond donors (Lipinski definition) is 0. The summed E-state index contributed by atoms with van der Waals surface area (Å²) in [4.78, 5) is 0. The second-order valence-corrected chi connectivity index (χ2v) is 5.71. The van der Waals surface area contributed by atoms with E-state index >= 15 is 0 Å². The molecule has 0 aliphatic carbocycles. The molecule has 0 unspecified atom stereocenters. The molecule has 3 nitrogen and oxygen atoms in total. The number of hydrogen-bond acceptors (Lipinski definition) is 2. The van der Waals surface area contributed by atoms with E-state index in [0.29, 0.717) is 12.5 Å². The summed E-state index contributed by atoms with van der Waals surface area (Å²) >= 11 is 3.46. The number of aromatic nitrogens is 2. The largest absolute Gasteiger partial charge is 0.494 e. The molecule has 1 aromatic heterocycles. The van der Waals surface area contributed by atoms with Crippen LogP contribution in [0.25, 0.3) is 5.69 Å². The molecular formula is C15H19BrN2O. The first-order valence-corrected chi connectivity index (χ1v) is 7.37. The first-order chi connectivity index (χ1) is 9.10. The maximum atomic E-state index is 5.54. The molecular weight excluding hydrogens is 304 g/mol. The van der Waals surface area contributed by atoms with E-state index in [1.807, 2.05) is 35.9 Å². The van der Waals surface area contributed by atoms with Crippen LogP contribution in [0.15, 0.2) is 34.9 Å². The Kier molecular flexibility index (Phi) is 4.64. The van der Waals surface area contributed by atoms with Crippen LogP contribution < -0.4 is 4.74 Å². The highest BCUT2D eigenvalue weighted by atomic mass is 79.9. The molecule has 1 aromatic carbocycles.